The molecular weight excluding hydrogens is 224 g/mol. The predicted octanol–water partition coefficient (Wildman–Crippen LogP) is 2.01. The van der Waals surface area contributed by atoms with Crippen molar-refractivity contribution in [2.45, 2.75) is 51.0 Å². The Balaban J connectivity index is 1.66. The molecule has 0 spiro atoms. The van der Waals surface area contributed by atoms with Crippen LogP contribution in [0.3, 0.4) is 0 Å². The van der Waals surface area contributed by atoms with Crippen molar-refractivity contribution in [1.82, 2.24) is 4.90 Å². The second-order valence-electron chi connectivity index (χ2n) is 6.73. The summed E-state index contributed by atoms with van der Waals surface area (Å²) < 4.78 is 5.62. The van der Waals surface area contributed by atoms with Crippen LogP contribution in [0.15, 0.2) is 0 Å². The molecule has 0 aromatic heterocycles. The summed E-state index contributed by atoms with van der Waals surface area (Å²) in [5.74, 6) is 0.977. The van der Waals surface area contributed by atoms with Gasteiger partial charge in [-0.3, -0.25) is 4.90 Å². The molecule has 2 aliphatic heterocycles. The quantitative estimate of drug-likeness (QED) is 0.835. The van der Waals surface area contributed by atoms with E-state index >= 15 is 0 Å². The van der Waals surface area contributed by atoms with Crippen molar-refractivity contribution < 1.29 is 4.74 Å². The lowest BCUT2D eigenvalue weighted by molar-refractivity contribution is 0.0213. The number of nitrogens with zero attached hydrogens (tertiary/aromatic N) is 1. The average Bonchev–Trinajstić information content (AvgIpc) is 2.88. The number of nitrogens with two attached hydrogens (primary N) is 1. The molecule has 0 bridgehead atoms. The zero-order chi connectivity index (χ0) is 12.4. The molecule has 0 aromatic rings. The van der Waals surface area contributed by atoms with Crippen LogP contribution in [0.5, 0.6) is 0 Å². The zero-order valence-corrected chi connectivity index (χ0v) is 11.6. The minimum atomic E-state index is 0.263. The molecule has 1 saturated carbocycles. The van der Waals surface area contributed by atoms with Crippen molar-refractivity contribution in [2.24, 2.45) is 17.1 Å². The van der Waals surface area contributed by atoms with Gasteiger partial charge in [0.2, 0.25) is 0 Å². The largest absolute Gasteiger partial charge is 0.381 e. The number of piperidine rings is 1. The molecule has 3 heteroatoms. The Labute approximate surface area is 111 Å². The first-order valence-corrected chi connectivity index (χ1v) is 7.85. The Kier molecular flexibility index (Phi) is 3.92. The van der Waals surface area contributed by atoms with Gasteiger partial charge in [-0.05, 0) is 44.6 Å². The summed E-state index contributed by atoms with van der Waals surface area (Å²) in [6.45, 7) is 5.07. The normalized spacial score (nSPS) is 41.8. The van der Waals surface area contributed by atoms with E-state index in [1.807, 2.05) is 0 Å². The second kappa shape index (κ2) is 5.48. The van der Waals surface area contributed by atoms with Crippen LogP contribution in [-0.2, 0) is 4.74 Å². The zero-order valence-electron chi connectivity index (χ0n) is 11.6. The van der Waals surface area contributed by atoms with E-state index in [0.717, 1.165) is 38.1 Å². The van der Waals surface area contributed by atoms with Gasteiger partial charge in [-0.1, -0.05) is 12.8 Å². The van der Waals surface area contributed by atoms with Gasteiger partial charge in [-0.2, -0.15) is 0 Å². The Morgan fingerprint density at radius 2 is 2.00 bits per heavy atom. The van der Waals surface area contributed by atoms with E-state index in [9.17, 15) is 0 Å². The van der Waals surface area contributed by atoms with E-state index in [0.29, 0.717) is 0 Å². The Bertz CT molecular complexity index is 274. The first kappa shape index (κ1) is 12.9. The Morgan fingerprint density at radius 1 is 1.17 bits per heavy atom. The monoisotopic (exact) mass is 252 g/mol. The fourth-order valence-electron chi connectivity index (χ4n) is 4.35. The van der Waals surface area contributed by atoms with Crippen molar-refractivity contribution in [2.75, 3.05) is 32.8 Å². The molecule has 3 fully saturated rings. The number of rotatable bonds is 3. The van der Waals surface area contributed by atoms with Gasteiger partial charge in [0, 0.05) is 31.2 Å². The summed E-state index contributed by atoms with van der Waals surface area (Å²) in [6.07, 6.45) is 9.80. The van der Waals surface area contributed by atoms with Crippen LogP contribution in [0.25, 0.3) is 0 Å². The molecule has 0 amide bonds. The third-order valence-electron chi connectivity index (χ3n) is 5.51. The van der Waals surface area contributed by atoms with Crippen molar-refractivity contribution in [3.63, 3.8) is 0 Å². The van der Waals surface area contributed by atoms with Crippen LogP contribution in [0, 0.1) is 11.3 Å². The van der Waals surface area contributed by atoms with Crippen LogP contribution < -0.4 is 5.73 Å². The van der Waals surface area contributed by atoms with Gasteiger partial charge in [0.05, 0.1) is 6.61 Å². The van der Waals surface area contributed by atoms with Gasteiger partial charge in [-0.25, -0.2) is 0 Å². The van der Waals surface area contributed by atoms with Crippen LogP contribution in [0.4, 0.5) is 0 Å². The predicted molar refractivity (Wildman–Crippen MR) is 73.5 cm³/mol. The van der Waals surface area contributed by atoms with E-state index < -0.39 is 0 Å². The maximum atomic E-state index is 6.05. The van der Waals surface area contributed by atoms with Crippen molar-refractivity contribution in [1.29, 1.82) is 0 Å². The van der Waals surface area contributed by atoms with E-state index in [-0.39, 0.29) is 5.41 Å². The summed E-state index contributed by atoms with van der Waals surface area (Å²) in [6, 6.07) is 0.858. The molecule has 3 aliphatic rings. The molecule has 18 heavy (non-hydrogen) atoms. The van der Waals surface area contributed by atoms with Crippen LogP contribution in [0.1, 0.15) is 44.9 Å². The first-order valence-electron chi connectivity index (χ1n) is 7.85. The fourth-order valence-corrected chi connectivity index (χ4v) is 4.35. The number of fused-ring (bicyclic) bond motifs is 1. The molecule has 2 heterocycles. The van der Waals surface area contributed by atoms with Gasteiger partial charge in [0.15, 0.2) is 0 Å². The molecule has 3 unspecified atom stereocenters. The second-order valence-corrected chi connectivity index (χ2v) is 6.73. The van der Waals surface area contributed by atoms with Gasteiger partial charge >= 0.3 is 0 Å². The number of hydrogen-bond acceptors (Lipinski definition) is 3. The molecule has 1 aliphatic carbocycles. The number of likely N-dealkylation sites (tertiary alicyclic amines) is 1. The molecule has 104 valence electrons. The van der Waals surface area contributed by atoms with Gasteiger partial charge in [0.25, 0.3) is 0 Å². The summed E-state index contributed by atoms with van der Waals surface area (Å²) in [4.78, 5) is 2.77. The molecule has 0 radical (unpaired) electrons. The molecule has 3 rings (SSSR count). The molecule has 0 aromatic carbocycles. The lowest BCUT2D eigenvalue weighted by atomic mass is 9.76. The van der Waals surface area contributed by atoms with Crippen LogP contribution >= 0.6 is 0 Å². The maximum absolute atomic E-state index is 6.05. The molecule has 3 atom stereocenters. The van der Waals surface area contributed by atoms with E-state index in [1.165, 1.54) is 51.6 Å². The highest BCUT2D eigenvalue weighted by molar-refractivity contribution is 4.93. The van der Waals surface area contributed by atoms with E-state index in [1.54, 1.807) is 0 Å². The highest BCUT2D eigenvalue weighted by Gasteiger charge is 2.40. The van der Waals surface area contributed by atoms with E-state index in [2.05, 4.69) is 4.90 Å². The standard InChI is InChI=1S/C15H28N2O/c16-10-15(7-9-18-12-15)11-17-8-3-5-13-4-1-2-6-14(13)17/h13-14H,1-12,16H2. The summed E-state index contributed by atoms with van der Waals surface area (Å²) >= 11 is 0. The van der Waals surface area contributed by atoms with Gasteiger partial charge in [0.1, 0.15) is 0 Å². The van der Waals surface area contributed by atoms with E-state index in [4.69, 9.17) is 10.5 Å². The fraction of sp³-hybridized carbons (Fsp3) is 1.00. The van der Waals surface area contributed by atoms with Gasteiger partial charge < -0.3 is 10.5 Å². The van der Waals surface area contributed by atoms with Crippen LogP contribution in [-0.4, -0.2) is 43.8 Å². The van der Waals surface area contributed by atoms with Crippen molar-refractivity contribution in [3.8, 4) is 0 Å². The third-order valence-corrected chi connectivity index (χ3v) is 5.51. The third kappa shape index (κ3) is 2.45. The number of ether oxygens (including phenoxy) is 1. The topological polar surface area (TPSA) is 38.5 Å². The van der Waals surface area contributed by atoms with Crippen molar-refractivity contribution in [3.05, 3.63) is 0 Å². The minimum Gasteiger partial charge on any atom is -0.381 e. The minimum absolute atomic E-state index is 0.263. The molecular formula is C15H28N2O. The number of hydrogen-bond donors (Lipinski definition) is 1. The summed E-state index contributed by atoms with van der Waals surface area (Å²) in [7, 11) is 0. The molecule has 2 saturated heterocycles. The summed E-state index contributed by atoms with van der Waals surface area (Å²) in [5, 5.41) is 0. The summed E-state index contributed by atoms with van der Waals surface area (Å²) in [5.41, 5.74) is 6.31. The highest BCUT2D eigenvalue weighted by atomic mass is 16.5. The Morgan fingerprint density at radius 3 is 2.78 bits per heavy atom. The first-order chi connectivity index (χ1) is 8.83. The smallest absolute Gasteiger partial charge is 0.0547 e. The SMILES string of the molecule is NCC1(CN2CCCC3CCCCC32)CCOC1. The Hall–Kier alpha value is -0.120. The average molecular weight is 252 g/mol. The maximum Gasteiger partial charge on any atom is 0.0547 e. The lowest BCUT2D eigenvalue weighted by Crippen LogP contribution is -2.52. The lowest BCUT2D eigenvalue weighted by Gasteiger charge is -2.47. The van der Waals surface area contributed by atoms with Crippen molar-refractivity contribution >= 4 is 0 Å². The molecule has 3 nitrogen and oxygen atoms in total. The molecule has 2 N–H and O–H groups in total. The highest BCUT2D eigenvalue weighted by Crippen LogP contribution is 2.38. The van der Waals surface area contributed by atoms with Gasteiger partial charge in [-0.15, -0.1) is 0 Å². The van der Waals surface area contributed by atoms with Crippen LogP contribution in [0.2, 0.25) is 0 Å².